The van der Waals surface area contributed by atoms with E-state index in [0.29, 0.717) is 6.07 Å². The van der Waals surface area contributed by atoms with E-state index in [1.165, 1.54) is 13.8 Å². The third-order valence-corrected chi connectivity index (χ3v) is 6.61. The number of hydrogen-bond acceptors (Lipinski definition) is 7. The first-order chi connectivity index (χ1) is 11.4. The van der Waals surface area contributed by atoms with E-state index in [0.717, 1.165) is 12.1 Å². The van der Waals surface area contributed by atoms with E-state index in [-0.39, 0.29) is 13.2 Å². The van der Waals surface area contributed by atoms with E-state index in [9.17, 15) is 30.5 Å². The van der Waals surface area contributed by atoms with Gasteiger partial charge in [0.05, 0.1) is 13.2 Å². The lowest BCUT2D eigenvalue weighted by Gasteiger charge is -2.17. The Hall–Kier alpha value is -0.650. The van der Waals surface area contributed by atoms with Gasteiger partial charge in [-0.1, -0.05) is 6.07 Å². The van der Waals surface area contributed by atoms with Crippen LogP contribution in [-0.4, -0.2) is 33.5 Å². The number of alkyl halides is 3. The van der Waals surface area contributed by atoms with E-state index in [4.69, 9.17) is 9.05 Å². The summed E-state index contributed by atoms with van der Waals surface area (Å²) in [6, 6.07) is 2.37. The normalized spacial score (nSPS) is 13.2. The molecule has 0 saturated carbocycles. The largest absolute Gasteiger partial charge is 0.446 e. The molecular formula is C12H15F4O6PS2. The van der Waals surface area contributed by atoms with Gasteiger partial charge in [0.1, 0.15) is 10.7 Å². The fourth-order valence-corrected chi connectivity index (χ4v) is 5.47. The maximum Gasteiger partial charge on any atom is 0.446 e. The van der Waals surface area contributed by atoms with Gasteiger partial charge in [-0.15, -0.1) is 0 Å². The maximum absolute atomic E-state index is 13.9. The third kappa shape index (κ3) is 6.87. The molecule has 0 heterocycles. The average molecular weight is 426 g/mol. The lowest BCUT2D eigenvalue weighted by molar-refractivity contribution is -0.0329. The van der Waals surface area contributed by atoms with Crippen molar-refractivity contribution in [2.75, 3.05) is 19.6 Å². The number of halogens is 4. The van der Waals surface area contributed by atoms with Crippen LogP contribution in [0.3, 0.4) is 0 Å². The van der Waals surface area contributed by atoms with E-state index >= 15 is 0 Å². The Morgan fingerprint density at radius 3 is 2.20 bits per heavy atom. The SMILES string of the molecule is CCOP(=O)(COS(=O)(=O)c1c(F)cccc1SC(F)(F)F)OCC. The summed E-state index contributed by atoms with van der Waals surface area (Å²) >= 11 is -0.808. The molecule has 1 aromatic carbocycles. The molecule has 0 unspecified atom stereocenters. The zero-order valence-corrected chi connectivity index (χ0v) is 15.6. The highest BCUT2D eigenvalue weighted by atomic mass is 32.2. The Labute approximate surface area is 146 Å². The first kappa shape index (κ1) is 22.4. The molecule has 0 saturated heterocycles. The van der Waals surface area contributed by atoms with Gasteiger partial charge in [-0.05, 0) is 37.7 Å². The molecular weight excluding hydrogens is 411 g/mol. The quantitative estimate of drug-likeness (QED) is 0.251. The van der Waals surface area contributed by atoms with E-state index in [2.05, 4.69) is 4.18 Å². The number of hydrogen-bond donors (Lipinski definition) is 0. The first-order valence-electron chi connectivity index (χ1n) is 6.76. The van der Waals surface area contributed by atoms with E-state index < -0.39 is 56.9 Å². The molecule has 6 nitrogen and oxygen atoms in total. The van der Waals surface area contributed by atoms with Crippen molar-refractivity contribution in [2.45, 2.75) is 29.1 Å². The van der Waals surface area contributed by atoms with Gasteiger partial charge in [0.25, 0.3) is 0 Å². The zero-order valence-electron chi connectivity index (χ0n) is 13.1. The molecule has 0 aromatic heterocycles. The Kier molecular flexibility index (Phi) is 7.91. The molecule has 0 spiro atoms. The van der Waals surface area contributed by atoms with Gasteiger partial charge >= 0.3 is 23.2 Å². The second-order valence-electron chi connectivity index (χ2n) is 4.26. The Bertz CT molecular complexity index is 728. The van der Waals surface area contributed by atoms with Gasteiger partial charge in [0.2, 0.25) is 0 Å². The van der Waals surface area contributed by atoms with Crippen molar-refractivity contribution in [2.24, 2.45) is 0 Å². The lowest BCUT2D eigenvalue weighted by Crippen LogP contribution is -2.14. The van der Waals surface area contributed by atoms with Crippen molar-refractivity contribution in [3.8, 4) is 0 Å². The minimum atomic E-state index is -4.99. The van der Waals surface area contributed by atoms with Crippen LogP contribution in [0.2, 0.25) is 0 Å². The molecule has 0 radical (unpaired) electrons. The predicted molar refractivity (Wildman–Crippen MR) is 82.3 cm³/mol. The van der Waals surface area contributed by atoms with E-state index in [1.807, 2.05) is 0 Å². The van der Waals surface area contributed by atoms with E-state index in [1.54, 1.807) is 0 Å². The second-order valence-corrected chi connectivity index (χ2v) is 8.92. The van der Waals surface area contributed by atoms with Crippen LogP contribution in [0.15, 0.2) is 28.0 Å². The Morgan fingerprint density at radius 1 is 1.16 bits per heavy atom. The minimum Gasteiger partial charge on any atom is -0.307 e. The molecule has 0 atom stereocenters. The summed E-state index contributed by atoms with van der Waals surface area (Å²) in [5, 5.41) is 0. The van der Waals surface area contributed by atoms with Gasteiger partial charge in [0, 0.05) is 4.90 Å². The molecule has 0 bridgehead atoms. The highest BCUT2D eigenvalue weighted by molar-refractivity contribution is 8.00. The van der Waals surface area contributed by atoms with Crippen molar-refractivity contribution in [1.82, 2.24) is 0 Å². The summed E-state index contributed by atoms with van der Waals surface area (Å²) in [5.41, 5.74) is -4.84. The average Bonchev–Trinajstić information content (AvgIpc) is 2.44. The Morgan fingerprint density at radius 2 is 1.72 bits per heavy atom. The smallest absolute Gasteiger partial charge is 0.307 e. The van der Waals surface area contributed by atoms with Gasteiger partial charge in [0.15, 0.2) is 6.35 Å². The zero-order chi connectivity index (χ0) is 19.3. The Balaban J connectivity index is 3.16. The van der Waals surface area contributed by atoms with Crippen LogP contribution in [0.4, 0.5) is 17.6 Å². The summed E-state index contributed by atoms with van der Waals surface area (Å²) in [6.07, 6.45) is -1.10. The van der Waals surface area contributed by atoms with Crippen LogP contribution >= 0.6 is 19.4 Å². The first-order valence-corrected chi connectivity index (χ1v) is 10.7. The molecule has 144 valence electrons. The lowest BCUT2D eigenvalue weighted by atomic mass is 10.3. The number of thioether (sulfide) groups is 1. The highest BCUT2D eigenvalue weighted by Crippen LogP contribution is 2.49. The molecule has 1 rings (SSSR count). The molecule has 13 heteroatoms. The highest BCUT2D eigenvalue weighted by Gasteiger charge is 2.36. The van der Waals surface area contributed by atoms with Crippen molar-refractivity contribution < 1.29 is 43.8 Å². The van der Waals surface area contributed by atoms with Gasteiger partial charge in [-0.3, -0.25) is 8.75 Å². The second kappa shape index (κ2) is 8.83. The van der Waals surface area contributed by atoms with Gasteiger partial charge < -0.3 is 9.05 Å². The summed E-state index contributed by atoms with van der Waals surface area (Å²) in [5.74, 6) is -1.43. The molecule has 0 fully saturated rings. The summed E-state index contributed by atoms with van der Waals surface area (Å²) in [6.45, 7) is 2.76. The van der Waals surface area contributed by atoms with Crippen LogP contribution in [0.5, 0.6) is 0 Å². The molecule has 0 amide bonds. The molecule has 0 aliphatic carbocycles. The van der Waals surface area contributed by atoms with Gasteiger partial charge in [-0.2, -0.15) is 21.6 Å². The van der Waals surface area contributed by atoms with Crippen LogP contribution in [-0.2, 0) is 27.9 Å². The molecule has 0 aliphatic rings. The molecule has 1 aromatic rings. The predicted octanol–water partition coefficient (Wildman–Crippen LogP) is 4.37. The summed E-state index contributed by atoms with van der Waals surface area (Å²) in [7, 11) is -8.95. The van der Waals surface area contributed by atoms with Crippen molar-refractivity contribution >= 4 is 29.5 Å². The van der Waals surface area contributed by atoms with Crippen molar-refractivity contribution in [3.63, 3.8) is 0 Å². The fourth-order valence-electron chi connectivity index (χ4n) is 1.63. The topological polar surface area (TPSA) is 78.9 Å². The third-order valence-electron chi connectivity index (χ3n) is 2.42. The van der Waals surface area contributed by atoms with Crippen LogP contribution < -0.4 is 0 Å². The standard InChI is InChI=1S/C12H15F4O6PS2/c1-3-20-23(17,21-4-2)8-22-25(18,19)11-9(13)6-5-7-10(11)24-12(14,15)16/h5-7H,3-4,8H2,1-2H3. The van der Waals surface area contributed by atoms with Crippen LogP contribution in [0, 0.1) is 5.82 Å². The van der Waals surface area contributed by atoms with Crippen molar-refractivity contribution in [3.05, 3.63) is 24.0 Å². The molecule has 25 heavy (non-hydrogen) atoms. The van der Waals surface area contributed by atoms with Crippen LogP contribution in [0.1, 0.15) is 13.8 Å². The van der Waals surface area contributed by atoms with Gasteiger partial charge in [-0.25, -0.2) is 4.39 Å². The van der Waals surface area contributed by atoms with Crippen LogP contribution in [0.25, 0.3) is 0 Å². The molecule has 0 N–H and O–H groups in total. The summed E-state index contributed by atoms with van der Waals surface area (Å²) < 4.78 is 102. The number of benzene rings is 1. The minimum absolute atomic E-state index is 0.0877. The maximum atomic E-state index is 13.9. The van der Waals surface area contributed by atoms with Crippen molar-refractivity contribution in [1.29, 1.82) is 0 Å². The monoisotopic (exact) mass is 426 g/mol. The molecule has 0 aliphatic heterocycles. The summed E-state index contributed by atoms with van der Waals surface area (Å²) in [4.78, 5) is -2.20. The number of rotatable bonds is 9. The fraction of sp³-hybridized carbons (Fsp3) is 0.500.